The molecule has 2 heterocycles. The molecule has 1 aliphatic heterocycles. The monoisotopic (exact) mass is 467 g/mol. The van der Waals surface area contributed by atoms with Crippen molar-refractivity contribution in [1.29, 1.82) is 0 Å². The summed E-state index contributed by atoms with van der Waals surface area (Å²) in [6.45, 7) is 2.04. The second-order valence-corrected chi connectivity index (χ2v) is 8.57. The van der Waals surface area contributed by atoms with Gasteiger partial charge in [-0.1, -0.05) is 36.0 Å². The van der Waals surface area contributed by atoms with Crippen molar-refractivity contribution in [2.75, 3.05) is 26.6 Å². The van der Waals surface area contributed by atoms with Gasteiger partial charge in [-0.05, 0) is 24.1 Å². The van der Waals surface area contributed by atoms with E-state index in [2.05, 4.69) is 15.3 Å². The van der Waals surface area contributed by atoms with Crippen LogP contribution in [0, 0.1) is 6.92 Å². The lowest BCUT2D eigenvalue weighted by atomic mass is 9.86. The third-order valence-electron chi connectivity index (χ3n) is 5.67. The average molecular weight is 468 g/mol. The molecule has 172 valence electrons. The van der Waals surface area contributed by atoms with Crippen LogP contribution in [-0.4, -0.2) is 37.2 Å². The summed E-state index contributed by atoms with van der Waals surface area (Å²) < 4.78 is 16.3. The number of ether oxygens (including phenoxy) is 3. The van der Waals surface area contributed by atoms with Crippen LogP contribution in [0.4, 0.5) is 5.82 Å². The Morgan fingerprint density at radius 2 is 1.73 bits per heavy atom. The fraction of sp³-hybridized carbons (Fsp3) is 0.292. The molecule has 2 aromatic carbocycles. The van der Waals surface area contributed by atoms with Crippen molar-refractivity contribution in [3.8, 4) is 17.2 Å². The minimum absolute atomic E-state index is 0.0826. The highest BCUT2D eigenvalue weighted by atomic mass is 32.2. The lowest BCUT2D eigenvalue weighted by Gasteiger charge is -2.26. The third-order valence-corrected chi connectivity index (χ3v) is 6.59. The Bertz CT molecular complexity index is 1260. The molecule has 1 unspecified atom stereocenters. The molecule has 0 saturated carbocycles. The van der Waals surface area contributed by atoms with Crippen molar-refractivity contribution in [3.05, 3.63) is 69.0 Å². The summed E-state index contributed by atoms with van der Waals surface area (Å²) in [6.07, 6.45) is 0.0826. The number of amides is 1. The number of methoxy groups -OCH3 is 3. The molecule has 1 aliphatic rings. The first-order chi connectivity index (χ1) is 15.9. The van der Waals surface area contributed by atoms with E-state index in [-0.39, 0.29) is 23.7 Å². The standard InChI is InChI=1S/C24H25N3O5S/c1-13-7-5-6-8-14(13)12-33-24-26-22-21(23(29)27-24)16(10-20(28)25-22)15-9-18(31-3)19(32-4)11-17(15)30-2/h5-9,11,16H,10,12H2,1-4H3,(H2,25,26,27,28,29). The van der Waals surface area contributed by atoms with Crippen LogP contribution in [0.5, 0.6) is 17.2 Å². The lowest BCUT2D eigenvalue weighted by Crippen LogP contribution is -2.31. The highest BCUT2D eigenvalue weighted by molar-refractivity contribution is 7.98. The number of fused-ring (bicyclic) bond motifs is 1. The summed E-state index contributed by atoms with van der Waals surface area (Å²) in [5.74, 6) is 1.62. The van der Waals surface area contributed by atoms with E-state index in [4.69, 9.17) is 14.2 Å². The second-order valence-electron chi connectivity index (χ2n) is 7.60. The third kappa shape index (κ3) is 4.54. The number of aromatic amines is 1. The zero-order valence-electron chi connectivity index (χ0n) is 18.9. The molecule has 33 heavy (non-hydrogen) atoms. The maximum atomic E-state index is 13.2. The number of hydrogen-bond donors (Lipinski definition) is 2. The molecule has 1 aromatic heterocycles. The Hall–Kier alpha value is -3.46. The number of carbonyl (C=O) groups is 1. The Labute approximate surface area is 195 Å². The SMILES string of the molecule is COc1cc(OC)c(C2CC(=O)Nc3nc(SCc4ccccc4C)[nH]c(=O)c32)cc1OC. The summed E-state index contributed by atoms with van der Waals surface area (Å²) in [4.78, 5) is 33.2. The molecule has 2 N–H and O–H groups in total. The summed E-state index contributed by atoms with van der Waals surface area (Å²) in [7, 11) is 4.59. The minimum Gasteiger partial charge on any atom is -0.496 e. The Morgan fingerprint density at radius 3 is 2.42 bits per heavy atom. The zero-order chi connectivity index (χ0) is 23.5. The fourth-order valence-corrected chi connectivity index (χ4v) is 4.86. The van der Waals surface area contributed by atoms with Gasteiger partial charge in [-0.25, -0.2) is 4.98 Å². The molecule has 3 aromatic rings. The number of H-pyrrole nitrogens is 1. The van der Waals surface area contributed by atoms with Gasteiger partial charge in [-0.2, -0.15) is 0 Å². The molecule has 1 amide bonds. The number of hydrogen-bond acceptors (Lipinski definition) is 7. The van der Waals surface area contributed by atoms with Crippen LogP contribution in [0.2, 0.25) is 0 Å². The van der Waals surface area contributed by atoms with Crippen LogP contribution < -0.4 is 25.1 Å². The van der Waals surface area contributed by atoms with Crippen molar-refractivity contribution >= 4 is 23.5 Å². The number of nitrogens with one attached hydrogen (secondary N) is 2. The highest BCUT2D eigenvalue weighted by Gasteiger charge is 2.33. The van der Waals surface area contributed by atoms with E-state index in [1.54, 1.807) is 12.1 Å². The van der Waals surface area contributed by atoms with Gasteiger partial charge in [0.2, 0.25) is 5.91 Å². The quantitative estimate of drug-likeness (QED) is 0.402. The van der Waals surface area contributed by atoms with E-state index in [1.165, 1.54) is 38.7 Å². The van der Waals surface area contributed by atoms with Crippen LogP contribution >= 0.6 is 11.8 Å². The van der Waals surface area contributed by atoms with Crippen LogP contribution in [0.25, 0.3) is 0 Å². The minimum atomic E-state index is -0.546. The van der Waals surface area contributed by atoms with Crippen LogP contribution in [-0.2, 0) is 10.5 Å². The van der Waals surface area contributed by atoms with Gasteiger partial charge in [0.05, 0.1) is 26.9 Å². The van der Waals surface area contributed by atoms with Crippen molar-refractivity contribution in [2.24, 2.45) is 0 Å². The molecule has 8 nitrogen and oxygen atoms in total. The summed E-state index contributed by atoms with van der Waals surface area (Å²) >= 11 is 1.41. The van der Waals surface area contributed by atoms with Crippen LogP contribution in [0.1, 0.15) is 34.6 Å². The molecule has 0 spiro atoms. The average Bonchev–Trinajstić information content (AvgIpc) is 2.81. The van der Waals surface area contributed by atoms with Crippen molar-refractivity contribution in [1.82, 2.24) is 9.97 Å². The molecule has 0 aliphatic carbocycles. The van der Waals surface area contributed by atoms with Gasteiger partial charge in [0.15, 0.2) is 16.7 Å². The number of carbonyl (C=O) groups excluding carboxylic acids is 1. The maximum Gasteiger partial charge on any atom is 0.257 e. The normalized spacial score (nSPS) is 14.9. The first-order valence-electron chi connectivity index (χ1n) is 10.4. The van der Waals surface area contributed by atoms with Crippen LogP contribution in [0.15, 0.2) is 46.3 Å². The lowest BCUT2D eigenvalue weighted by molar-refractivity contribution is -0.116. The predicted octanol–water partition coefficient (Wildman–Crippen LogP) is 3.87. The van der Waals surface area contributed by atoms with Gasteiger partial charge >= 0.3 is 0 Å². The molecule has 1 atom stereocenters. The summed E-state index contributed by atoms with van der Waals surface area (Å²) in [5, 5.41) is 3.21. The van der Waals surface area contributed by atoms with E-state index in [9.17, 15) is 9.59 Å². The molecule has 9 heteroatoms. The Morgan fingerprint density at radius 1 is 1.03 bits per heavy atom. The van der Waals surface area contributed by atoms with Gasteiger partial charge in [0.25, 0.3) is 5.56 Å². The van der Waals surface area contributed by atoms with Crippen molar-refractivity contribution in [2.45, 2.75) is 30.2 Å². The molecule has 0 radical (unpaired) electrons. The molecular formula is C24H25N3O5S. The van der Waals surface area contributed by atoms with Gasteiger partial charge < -0.3 is 24.5 Å². The number of nitrogens with zero attached hydrogens (tertiary/aromatic N) is 1. The van der Waals surface area contributed by atoms with E-state index in [1.807, 2.05) is 31.2 Å². The Balaban J connectivity index is 1.73. The number of benzene rings is 2. The van der Waals surface area contributed by atoms with Crippen molar-refractivity contribution in [3.63, 3.8) is 0 Å². The number of aryl methyl sites for hydroxylation is 1. The van der Waals surface area contributed by atoms with Gasteiger partial charge in [0.1, 0.15) is 11.6 Å². The van der Waals surface area contributed by atoms with Gasteiger partial charge in [0, 0.05) is 29.7 Å². The topological polar surface area (TPSA) is 103 Å². The smallest absolute Gasteiger partial charge is 0.257 e. The first-order valence-corrected chi connectivity index (χ1v) is 11.3. The second kappa shape index (κ2) is 9.58. The summed E-state index contributed by atoms with van der Waals surface area (Å²) in [6, 6.07) is 11.5. The Kier molecular flexibility index (Phi) is 6.60. The van der Waals surface area contributed by atoms with E-state index in [0.29, 0.717) is 39.3 Å². The predicted molar refractivity (Wildman–Crippen MR) is 127 cm³/mol. The molecule has 0 saturated heterocycles. The van der Waals surface area contributed by atoms with Crippen molar-refractivity contribution < 1.29 is 19.0 Å². The first kappa shape index (κ1) is 22.7. The highest BCUT2D eigenvalue weighted by Crippen LogP contribution is 2.43. The largest absolute Gasteiger partial charge is 0.496 e. The molecule has 4 rings (SSSR count). The number of thioether (sulfide) groups is 1. The van der Waals surface area contributed by atoms with Gasteiger partial charge in [-0.15, -0.1) is 0 Å². The van der Waals surface area contributed by atoms with E-state index < -0.39 is 5.92 Å². The molecule has 0 fully saturated rings. The number of aromatic nitrogens is 2. The molecule has 0 bridgehead atoms. The number of anilines is 1. The van der Waals surface area contributed by atoms with Gasteiger partial charge in [-0.3, -0.25) is 9.59 Å². The maximum absolute atomic E-state index is 13.2. The fourth-order valence-electron chi connectivity index (χ4n) is 3.93. The van der Waals surface area contributed by atoms with E-state index >= 15 is 0 Å². The molecular weight excluding hydrogens is 442 g/mol. The number of rotatable bonds is 7. The van der Waals surface area contributed by atoms with E-state index in [0.717, 1.165) is 5.56 Å². The zero-order valence-corrected chi connectivity index (χ0v) is 19.7. The van der Waals surface area contributed by atoms with Crippen LogP contribution in [0.3, 0.4) is 0 Å². The summed E-state index contributed by atoms with van der Waals surface area (Å²) in [5.41, 5.74) is 3.06.